The van der Waals surface area contributed by atoms with Crippen LogP contribution in [-0.4, -0.2) is 15.8 Å². The maximum absolute atomic E-state index is 10.8. The van der Waals surface area contributed by atoms with Crippen molar-refractivity contribution >= 4 is 0 Å². The molecule has 0 aromatic carbocycles. The summed E-state index contributed by atoms with van der Waals surface area (Å²) in [6.45, 7) is 6.77. The molecule has 2 heteroatoms. The fraction of sp³-hybridized carbons (Fsp3) is 0.800. The molecule has 0 spiro atoms. The number of aliphatic hydroxyl groups is 2. The van der Waals surface area contributed by atoms with Crippen LogP contribution in [0.3, 0.4) is 0 Å². The van der Waals surface area contributed by atoms with Crippen molar-refractivity contribution in [3.8, 4) is 0 Å². The average molecular weight is 302 g/mol. The molecule has 0 aromatic rings. The van der Waals surface area contributed by atoms with Crippen LogP contribution in [0.15, 0.2) is 24.0 Å². The number of rotatable bonds is 0. The van der Waals surface area contributed by atoms with Gasteiger partial charge in [-0.1, -0.05) is 26.0 Å². The number of hydrogen-bond acceptors (Lipinski definition) is 2. The number of fused-ring (bicyclic) bond motifs is 5. The van der Waals surface area contributed by atoms with E-state index in [0.29, 0.717) is 28.9 Å². The first-order valence-corrected chi connectivity index (χ1v) is 9.09. The molecular weight excluding hydrogens is 272 g/mol. The summed E-state index contributed by atoms with van der Waals surface area (Å²) < 4.78 is 0. The van der Waals surface area contributed by atoms with Gasteiger partial charge in [0.2, 0.25) is 0 Å². The van der Waals surface area contributed by atoms with Crippen LogP contribution in [0.4, 0.5) is 0 Å². The molecule has 22 heavy (non-hydrogen) atoms. The lowest BCUT2D eigenvalue weighted by atomic mass is 9.45. The molecule has 0 aromatic heterocycles. The van der Waals surface area contributed by atoms with E-state index < -0.39 is 5.60 Å². The lowest BCUT2D eigenvalue weighted by Crippen LogP contribution is -2.55. The maximum atomic E-state index is 10.8. The summed E-state index contributed by atoms with van der Waals surface area (Å²) in [5.41, 5.74) is -0.284. The van der Waals surface area contributed by atoms with E-state index in [-0.39, 0.29) is 5.41 Å². The summed E-state index contributed by atoms with van der Waals surface area (Å²) in [4.78, 5) is 0. The van der Waals surface area contributed by atoms with E-state index in [1.165, 1.54) is 19.3 Å². The van der Waals surface area contributed by atoms with E-state index in [9.17, 15) is 10.2 Å². The Labute approximate surface area is 134 Å². The third kappa shape index (κ3) is 1.71. The van der Waals surface area contributed by atoms with Gasteiger partial charge < -0.3 is 10.2 Å². The Morgan fingerprint density at radius 2 is 1.86 bits per heavy atom. The van der Waals surface area contributed by atoms with Gasteiger partial charge in [-0.25, -0.2) is 0 Å². The average Bonchev–Trinajstić information content (AvgIpc) is 2.70. The molecule has 2 unspecified atom stereocenters. The molecule has 2 saturated carbocycles. The highest BCUT2D eigenvalue weighted by Crippen LogP contribution is 2.66. The van der Waals surface area contributed by atoms with E-state index in [1.54, 1.807) is 0 Å². The van der Waals surface area contributed by atoms with Crippen LogP contribution in [0.1, 0.15) is 59.3 Å². The Hall–Kier alpha value is -0.760. The van der Waals surface area contributed by atoms with Crippen molar-refractivity contribution in [3.63, 3.8) is 0 Å². The maximum Gasteiger partial charge on any atom is 0.0886 e. The molecule has 0 amide bonds. The highest BCUT2D eigenvalue weighted by molar-refractivity contribution is 5.25. The van der Waals surface area contributed by atoms with Gasteiger partial charge in [0, 0.05) is 11.8 Å². The molecule has 4 aliphatic rings. The topological polar surface area (TPSA) is 40.5 Å². The summed E-state index contributed by atoms with van der Waals surface area (Å²) in [6, 6.07) is 0. The first-order valence-electron chi connectivity index (χ1n) is 9.09. The highest BCUT2D eigenvalue weighted by Gasteiger charge is 2.61. The molecule has 0 heterocycles. The fourth-order valence-corrected chi connectivity index (χ4v) is 6.52. The monoisotopic (exact) mass is 302 g/mol. The normalized spacial score (nSPS) is 56.8. The molecule has 2 N–H and O–H groups in total. The van der Waals surface area contributed by atoms with Crippen molar-refractivity contribution in [1.29, 1.82) is 0 Å². The summed E-state index contributed by atoms with van der Waals surface area (Å²) in [7, 11) is 0. The van der Waals surface area contributed by atoms with Gasteiger partial charge in [0.25, 0.3) is 0 Å². The number of aliphatic hydroxyl groups excluding tert-OH is 1. The standard InChI is InChI=1S/C20H30O2/c1-18-9-6-14(21)12-13(18)4-5-15-16(18)7-10-19(2)17(15)8-11-20(19,3)22/h8,11-13,15-17,21-22H,4-7,9-10H2,1-3H3/t13?,15-,16-,17+,18+,19+,20?/m1/s1. The summed E-state index contributed by atoms with van der Waals surface area (Å²) >= 11 is 0. The van der Waals surface area contributed by atoms with E-state index in [2.05, 4.69) is 32.1 Å². The van der Waals surface area contributed by atoms with Crippen molar-refractivity contribution in [2.75, 3.05) is 0 Å². The smallest absolute Gasteiger partial charge is 0.0886 e. The Morgan fingerprint density at radius 1 is 1.09 bits per heavy atom. The van der Waals surface area contributed by atoms with Gasteiger partial charge in [-0.2, -0.15) is 0 Å². The second-order valence-corrected chi connectivity index (χ2v) is 9.11. The molecule has 0 bridgehead atoms. The molecule has 0 aliphatic heterocycles. The van der Waals surface area contributed by atoms with Gasteiger partial charge in [0.1, 0.15) is 0 Å². The van der Waals surface area contributed by atoms with Crippen LogP contribution in [-0.2, 0) is 0 Å². The van der Waals surface area contributed by atoms with Gasteiger partial charge in [0.05, 0.1) is 11.4 Å². The minimum atomic E-state index is -0.648. The zero-order chi connectivity index (χ0) is 15.8. The molecule has 2 fully saturated rings. The molecule has 2 nitrogen and oxygen atoms in total. The van der Waals surface area contributed by atoms with Gasteiger partial charge in [-0.3, -0.25) is 0 Å². The molecule has 122 valence electrons. The van der Waals surface area contributed by atoms with Gasteiger partial charge in [-0.15, -0.1) is 0 Å². The van der Waals surface area contributed by atoms with Crippen LogP contribution in [0.5, 0.6) is 0 Å². The lowest BCUT2D eigenvalue weighted by Gasteiger charge is -2.60. The largest absolute Gasteiger partial charge is 0.513 e. The summed E-state index contributed by atoms with van der Waals surface area (Å²) in [5.74, 6) is 3.15. The van der Waals surface area contributed by atoms with E-state index in [1.807, 2.05) is 6.92 Å². The minimum Gasteiger partial charge on any atom is -0.513 e. The Kier molecular flexibility index (Phi) is 2.97. The minimum absolute atomic E-state index is 0.0179. The van der Waals surface area contributed by atoms with Crippen molar-refractivity contribution in [2.45, 2.75) is 64.9 Å². The van der Waals surface area contributed by atoms with Crippen molar-refractivity contribution in [3.05, 3.63) is 24.0 Å². The third-order valence-corrected chi connectivity index (χ3v) is 8.29. The second-order valence-electron chi connectivity index (χ2n) is 9.11. The van der Waals surface area contributed by atoms with E-state index in [0.717, 1.165) is 25.2 Å². The Balaban J connectivity index is 1.68. The van der Waals surface area contributed by atoms with Crippen molar-refractivity contribution in [2.24, 2.45) is 34.5 Å². The van der Waals surface area contributed by atoms with Gasteiger partial charge >= 0.3 is 0 Å². The molecule has 0 radical (unpaired) electrons. The van der Waals surface area contributed by atoms with Crippen LogP contribution in [0.2, 0.25) is 0 Å². The van der Waals surface area contributed by atoms with Crippen molar-refractivity contribution < 1.29 is 10.2 Å². The first-order chi connectivity index (χ1) is 10.3. The van der Waals surface area contributed by atoms with E-state index >= 15 is 0 Å². The van der Waals surface area contributed by atoms with Crippen LogP contribution < -0.4 is 0 Å². The predicted molar refractivity (Wildman–Crippen MR) is 88.4 cm³/mol. The van der Waals surface area contributed by atoms with Crippen LogP contribution in [0.25, 0.3) is 0 Å². The van der Waals surface area contributed by atoms with E-state index in [4.69, 9.17) is 0 Å². The quantitative estimate of drug-likeness (QED) is 0.642. The van der Waals surface area contributed by atoms with Crippen LogP contribution in [0, 0.1) is 34.5 Å². The van der Waals surface area contributed by atoms with Crippen LogP contribution >= 0.6 is 0 Å². The zero-order valence-electron chi connectivity index (χ0n) is 14.2. The SMILES string of the molecule is CC1(O)C=C[C@H]2[C@@H]3CCC4C=C(O)CC[C@]4(C)[C@@H]3CC[C@@]21C. The highest BCUT2D eigenvalue weighted by atomic mass is 16.3. The Morgan fingerprint density at radius 3 is 2.64 bits per heavy atom. The second kappa shape index (κ2) is 4.41. The molecule has 0 saturated heterocycles. The number of allylic oxidation sites excluding steroid dienone is 3. The first kappa shape index (κ1) is 14.8. The predicted octanol–water partition coefficient (Wildman–Crippen LogP) is 4.61. The lowest BCUT2D eigenvalue weighted by molar-refractivity contribution is -0.127. The summed E-state index contributed by atoms with van der Waals surface area (Å²) in [5, 5.41) is 20.8. The zero-order valence-corrected chi connectivity index (χ0v) is 14.2. The third-order valence-electron chi connectivity index (χ3n) is 8.29. The van der Waals surface area contributed by atoms with Gasteiger partial charge in [0.15, 0.2) is 0 Å². The van der Waals surface area contributed by atoms with Gasteiger partial charge in [-0.05, 0) is 74.2 Å². The number of hydrogen-bond donors (Lipinski definition) is 2. The summed E-state index contributed by atoms with van der Waals surface area (Å²) in [6.07, 6.45) is 13.3. The van der Waals surface area contributed by atoms with Crippen molar-refractivity contribution in [1.82, 2.24) is 0 Å². The molecule has 4 rings (SSSR count). The fourth-order valence-electron chi connectivity index (χ4n) is 6.52. The molecular formula is C20H30O2. The molecule has 4 aliphatic carbocycles. The molecule has 7 atom stereocenters. The Bertz CT molecular complexity index is 546.